The SMILES string of the molecule is CC/C=C\C/C=C\CCCCCCCCCC(=O)OC(COC(=O)CCCCC/C=C\C=C/CCCCCCCCC)COC(=O)CCCCCCCCCCCCCCCC. The van der Waals surface area contributed by atoms with E-state index in [0.29, 0.717) is 19.3 Å². The van der Waals surface area contributed by atoms with Crippen LogP contribution in [-0.4, -0.2) is 37.2 Å². The molecule has 62 heavy (non-hydrogen) atoms. The largest absolute Gasteiger partial charge is 0.462 e. The monoisotopic (exact) mass is 869 g/mol. The van der Waals surface area contributed by atoms with Crippen LogP contribution in [0.25, 0.3) is 0 Å². The summed E-state index contributed by atoms with van der Waals surface area (Å²) in [5.41, 5.74) is 0. The van der Waals surface area contributed by atoms with Crippen LogP contribution in [0, 0.1) is 0 Å². The molecule has 360 valence electrons. The van der Waals surface area contributed by atoms with Crippen molar-refractivity contribution in [2.45, 2.75) is 277 Å². The molecule has 0 N–H and O–H groups in total. The molecule has 1 atom stereocenters. The van der Waals surface area contributed by atoms with E-state index in [0.717, 1.165) is 89.9 Å². The van der Waals surface area contributed by atoms with E-state index in [2.05, 4.69) is 69.4 Å². The number of hydrogen-bond acceptors (Lipinski definition) is 6. The predicted molar refractivity (Wildman–Crippen MR) is 265 cm³/mol. The molecule has 0 saturated carbocycles. The fraction of sp³-hybridized carbons (Fsp3) is 0.804. The van der Waals surface area contributed by atoms with Gasteiger partial charge in [0.15, 0.2) is 6.10 Å². The van der Waals surface area contributed by atoms with Gasteiger partial charge in [0.2, 0.25) is 0 Å². The highest BCUT2D eigenvalue weighted by Crippen LogP contribution is 2.15. The van der Waals surface area contributed by atoms with Gasteiger partial charge in [-0.1, -0.05) is 230 Å². The second kappa shape index (κ2) is 51.0. The molecule has 0 spiro atoms. The van der Waals surface area contributed by atoms with Gasteiger partial charge in [0, 0.05) is 19.3 Å². The summed E-state index contributed by atoms with van der Waals surface area (Å²) >= 11 is 0. The minimum Gasteiger partial charge on any atom is -0.462 e. The summed E-state index contributed by atoms with van der Waals surface area (Å²) in [5.74, 6) is -0.909. The summed E-state index contributed by atoms with van der Waals surface area (Å²) in [6.07, 6.45) is 60.9. The second-order valence-electron chi connectivity index (χ2n) is 17.8. The molecule has 0 aliphatic heterocycles. The molecule has 1 unspecified atom stereocenters. The average Bonchev–Trinajstić information content (AvgIpc) is 3.27. The molecular weight excluding hydrogens is 769 g/mol. The van der Waals surface area contributed by atoms with Crippen molar-refractivity contribution in [3.05, 3.63) is 48.6 Å². The van der Waals surface area contributed by atoms with Gasteiger partial charge in [-0.25, -0.2) is 0 Å². The lowest BCUT2D eigenvalue weighted by atomic mass is 10.0. The third-order valence-electron chi connectivity index (χ3n) is 11.6. The van der Waals surface area contributed by atoms with Gasteiger partial charge in [0.25, 0.3) is 0 Å². The van der Waals surface area contributed by atoms with E-state index in [-0.39, 0.29) is 31.1 Å². The third-order valence-corrected chi connectivity index (χ3v) is 11.6. The van der Waals surface area contributed by atoms with Gasteiger partial charge in [0.1, 0.15) is 13.2 Å². The van der Waals surface area contributed by atoms with Crippen molar-refractivity contribution in [1.82, 2.24) is 0 Å². The molecule has 0 amide bonds. The molecule has 0 fully saturated rings. The van der Waals surface area contributed by atoms with Gasteiger partial charge in [-0.15, -0.1) is 0 Å². The number of allylic oxidation sites excluding steroid dienone is 8. The van der Waals surface area contributed by atoms with Crippen molar-refractivity contribution in [2.24, 2.45) is 0 Å². The second-order valence-corrected chi connectivity index (χ2v) is 17.8. The Morgan fingerprint density at radius 2 is 0.677 bits per heavy atom. The predicted octanol–water partition coefficient (Wildman–Crippen LogP) is 17.5. The Balaban J connectivity index is 4.40. The summed E-state index contributed by atoms with van der Waals surface area (Å²) in [6.45, 7) is 6.52. The number of rotatable bonds is 48. The van der Waals surface area contributed by atoms with Crippen LogP contribution in [0.3, 0.4) is 0 Å². The number of ether oxygens (including phenoxy) is 3. The molecule has 0 saturated heterocycles. The normalized spacial score (nSPS) is 12.4. The van der Waals surface area contributed by atoms with Crippen LogP contribution >= 0.6 is 0 Å². The zero-order valence-corrected chi connectivity index (χ0v) is 41.1. The Labute approximate surface area is 384 Å². The van der Waals surface area contributed by atoms with Crippen molar-refractivity contribution < 1.29 is 28.6 Å². The van der Waals surface area contributed by atoms with Gasteiger partial charge < -0.3 is 14.2 Å². The zero-order valence-electron chi connectivity index (χ0n) is 41.1. The molecule has 0 aliphatic rings. The van der Waals surface area contributed by atoms with Crippen molar-refractivity contribution >= 4 is 17.9 Å². The van der Waals surface area contributed by atoms with Gasteiger partial charge >= 0.3 is 17.9 Å². The smallest absolute Gasteiger partial charge is 0.306 e. The number of unbranched alkanes of at least 4 members (excludes halogenated alkanes) is 30. The van der Waals surface area contributed by atoms with E-state index in [1.54, 1.807) is 0 Å². The van der Waals surface area contributed by atoms with E-state index in [4.69, 9.17) is 14.2 Å². The Morgan fingerprint density at radius 1 is 0.355 bits per heavy atom. The van der Waals surface area contributed by atoms with Crippen molar-refractivity contribution in [1.29, 1.82) is 0 Å². The van der Waals surface area contributed by atoms with Gasteiger partial charge in [-0.05, 0) is 70.6 Å². The zero-order chi connectivity index (χ0) is 45.1. The molecule has 6 nitrogen and oxygen atoms in total. The lowest BCUT2D eigenvalue weighted by Gasteiger charge is -2.18. The fourth-order valence-electron chi connectivity index (χ4n) is 7.59. The Hall–Kier alpha value is -2.63. The molecule has 0 aliphatic carbocycles. The molecule has 0 aromatic heterocycles. The molecular formula is C56H100O6. The van der Waals surface area contributed by atoms with E-state index in [1.165, 1.54) is 141 Å². The Bertz CT molecular complexity index is 1090. The average molecular weight is 869 g/mol. The highest BCUT2D eigenvalue weighted by Gasteiger charge is 2.19. The van der Waals surface area contributed by atoms with Crippen molar-refractivity contribution in [3.8, 4) is 0 Å². The van der Waals surface area contributed by atoms with Crippen LogP contribution in [0.5, 0.6) is 0 Å². The van der Waals surface area contributed by atoms with Crippen LogP contribution in [0.15, 0.2) is 48.6 Å². The van der Waals surface area contributed by atoms with E-state index in [9.17, 15) is 14.4 Å². The van der Waals surface area contributed by atoms with Crippen LogP contribution in [-0.2, 0) is 28.6 Å². The topological polar surface area (TPSA) is 78.9 Å². The molecule has 0 aromatic carbocycles. The number of esters is 3. The summed E-state index contributed by atoms with van der Waals surface area (Å²) in [4.78, 5) is 38.0. The maximum Gasteiger partial charge on any atom is 0.306 e. The van der Waals surface area contributed by atoms with E-state index in [1.807, 2.05) is 0 Å². The van der Waals surface area contributed by atoms with Gasteiger partial charge in [-0.2, -0.15) is 0 Å². The van der Waals surface area contributed by atoms with Crippen LogP contribution in [0.2, 0.25) is 0 Å². The maximum absolute atomic E-state index is 12.8. The molecule has 0 radical (unpaired) electrons. The third kappa shape index (κ3) is 48.4. The number of carbonyl (C=O) groups is 3. The van der Waals surface area contributed by atoms with E-state index >= 15 is 0 Å². The molecule has 0 bridgehead atoms. The lowest BCUT2D eigenvalue weighted by molar-refractivity contribution is -0.167. The molecule has 0 rings (SSSR count). The Kier molecular flexibility index (Phi) is 48.8. The first-order valence-corrected chi connectivity index (χ1v) is 26.7. The molecule has 0 aromatic rings. The number of hydrogen-bond donors (Lipinski definition) is 0. The first-order valence-electron chi connectivity index (χ1n) is 26.7. The quantitative estimate of drug-likeness (QED) is 0.0199. The number of carbonyl (C=O) groups excluding carboxylic acids is 3. The highest BCUT2D eigenvalue weighted by atomic mass is 16.6. The Morgan fingerprint density at radius 3 is 1.08 bits per heavy atom. The van der Waals surface area contributed by atoms with Gasteiger partial charge in [-0.3, -0.25) is 14.4 Å². The first kappa shape index (κ1) is 59.4. The first-order chi connectivity index (χ1) is 30.5. The minimum absolute atomic E-state index is 0.0824. The summed E-state index contributed by atoms with van der Waals surface area (Å²) < 4.78 is 16.8. The molecule has 6 heteroatoms. The summed E-state index contributed by atoms with van der Waals surface area (Å²) in [6, 6.07) is 0. The van der Waals surface area contributed by atoms with Crippen LogP contribution in [0.1, 0.15) is 271 Å². The van der Waals surface area contributed by atoms with Crippen LogP contribution < -0.4 is 0 Å². The van der Waals surface area contributed by atoms with Gasteiger partial charge in [0.05, 0.1) is 0 Å². The fourth-order valence-corrected chi connectivity index (χ4v) is 7.59. The van der Waals surface area contributed by atoms with Crippen molar-refractivity contribution in [2.75, 3.05) is 13.2 Å². The van der Waals surface area contributed by atoms with Crippen LogP contribution in [0.4, 0.5) is 0 Å². The molecule has 0 heterocycles. The highest BCUT2D eigenvalue weighted by molar-refractivity contribution is 5.71. The summed E-state index contributed by atoms with van der Waals surface area (Å²) in [5, 5.41) is 0. The standard InChI is InChI=1S/C56H100O6/c1-4-7-10-13-16-19-22-25-28-29-32-34-37-40-43-46-49-55(58)61-52-53(62-56(59)50-47-44-41-38-35-31-27-24-21-18-15-12-9-6-3)51-60-54(57)48-45-42-39-36-33-30-26-23-20-17-14-11-8-5-2/h9,12,18,21,28-29,32,34,53H,4-8,10-11,13-17,19-20,22-27,30-31,33,35-52H2,1-3H3/b12-9-,21-18-,29-28-,34-32-. The summed E-state index contributed by atoms with van der Waals surface area (Å²) in [7, 11) is 0. The maximum atomic E-state index is 12.8. The van der Waals surface area contributed by atoms with Crippen molar-refractivity contribution in [3.63, 3.8) is 0 Å². The lowest BCUT2D eigenvalue weighted by Crippen LogP contribution is -2.30. The minimum atomic E-state index is -0.785. The van der Waals surface area contributed by atoms with E-state index < -0.39 is 6.10 Å².